The van der Waals surface area contributed by atoms with Gasteiger partial charge in [-0.3, -0.25) is 4.90 Å². The third-order valence-corrected chi connectivity index (χ3v) is 4.01. The highest BCUT2D eigenvalue weighted by atomic mass is 16.5. The Morgan fingerprint density at radius 2 is 1.91 bits per heavy atom. The van der Waals surface area contributed by atoms with E-state index < -0.39 is 0 Å². The Morgan fingerprint density at radius 3 is 2.39 bits per heavy atom. The lowest BCUT2D eigenvalue weighted by Crippen LogP contribution is -2.40. The molecule has 1 atom stereocenters. The fourth-order valence-corrected chi connectivity index (χ4v) is 2.70. The number of hydrogen-bond acceptors (Lipinski definition) is 5. The molecule has 126 valence electrons. The Morgan fingerprint density at radius 1 is 1.22 bits per heavy atom. The van der Waals surface area contributed by atoms with Crippen LogP contribution in [0, 0.1) is 12.8 Å². The van der Waals surface area contributed by atoms with Crippen LogP contribution in [0.4, 0.5) is 0 Å². The predicted molar refractivity (Wildman–Crippen MR) is 89.2 cm³/mol. The van der Waals surface area contributed by atoms with E-state index in [1.807, 2.05) is 25.1 Å². The van der Waals surface area contributed by atoms with Gasteiger partial charge < -0.3 is 14.4 Å². The number of hydrogen-bond donors (Lipinski definition) is 1. The number of aliphatic hydroxyl groups is 1. The molecule has 0 aliphatic heterocycles. The lowest BCUT2D eigenvalue weighted by atomic mass is 10.0. The van der Waals surface area contributed by atoms with Gasteiger partial charge in [-0.15, -0.1) is 0 Å². The van der Waals surface area contributed by atoms with E-state index in [4.69, 9.17) is 9.26 Å². The van der Waals surface area contributed by atoms with E-state index in [2.05, 4.69) is 36.0 Å². The summed E-state index contributed by atoms with van der Waals surface area (Å²) in [7, 11) is 1.66. The third kappa shape index (κ3) is 4.81. The Bertz CT molecular complexity index is 593. The molecule has 0 unspecified atom stereocenters. The third-order valence-electron chi connectivity index (χ3n) is 4.01. The van der Waals surface area contributed by atoms with E-state index >= 15 is 0 Å². The zero-order chi connectivity index (χ0) is 16.8. The van der Waals surface area contributed by atoms with Crippen LogP contribution in [0.15, 0.2) is 34.9 Å². The minimum Gasteiger partial charge on any atom is -0.497 e. The van der Waals surface area contributed by atoms with Gasteiger partial charge in [0.25, 0.3) is 0 Å². The molecule has 0 aliphatic rings. The zero-order valence-electron chi connectivity index (χ0n) is 14.3. The second-order valence-corrected chi connectivity index (χ2v) is 6.18. The molecule has 0 fully saturated rings. The van der Waals surface area contributed by atoms with E-state index in [1.54, 1.807) is 7.11 Å². The molecule has 0 spiro atoms. The molecule has 0 saturated heterocycles. The fraction of sp³-hybridized carbons (Fsp3) is 0.500. The normalized spacial score (nSPS) is 12.8. The van der Waals surface area contributed by atoms with E-state index in [0.29, 0.717) is 12.5 Å². The van der Waals surface area contributed by atoms with Crippen molar-refractivity contribution in [3.8, 4) is 5.75 Å². The maximum absolute atomic E-state index is 9.80. The van der Waals surface area contributed by atoms with Crippen LogP contribution in [0.25, 0.3) is 0 Å². The van der Waals surface area contributed by atoms with Gasteiger partial charge in [-0.2, -0.15) is 0 Å². The Labute approximate surface area is 137 Å². The van der Waals surface area contributed by atoms with Crippen LogP contribution in [0.5, 0.6) is 5.75 Å². The molecule has 1 heterocycles. The van der Waals surface area contributed by atoms with Crippen LogP contribution < -0.4 is 4.74 Å². The molecule has 5 nitrogen and oxygen atoms in total. The first-order valence-corrected chi connectivity index (χ1v) is 7.93. The molecule has 23 heavy (non-hydrogen) atoms. The summed E-state index contributed by atoms with van der Waals surface area (Å²) in [6.07, 6.45) is 0. The second-order valence-electron chi connectivity index (χ2n) is 6.18. The van der Waals surface area contributed by atoms with Gasteiger partial charge >= 0.3 is 0 Å². The van der Waals surface area contributed by atoms with Crippen molar-refractivity contribution in [2.45, 2.75) is 39.9 Å². The van der Waals surface area contributed by atoms with Gasteiger partial charge in [-0.25, -0.2) is 0 Å². The number of aliphatic hydroxyl groups excluding tert-OH is 1. The van der Waals surface area contributed by atoms with Gasteiger partial charge in [0, 0.05) is 25.2 Å². The Hall–Kier alpha value is -1.85. The molecule has 2 aromatic rings. The quantitative estimate of drug-likeness (QED) is 0.811. The fourth-order valence-electron chi connectivity index (χ4n) is 2.70. The van der Waals surface area contributed by atoms with Crippen molar-refractivity contribution >= 4 is 0 Å². The first-order valence-electron chi connectivity index (χ1n) is 7.93. The number of aryl methyl sites for hydroxylation is 1. The summed E-state index contributed by atoms with van der Waals surface area (Å²) < 4.78 is 10.4. The summed E-state index contributed by atoms with van der Waals surface area (Å²) in [5.74, 6) is 1.98. The molecule has 1 aromatic carbocycles. The number of benzene rings is 1. The summed E-state index contributed by atoms with van der Waals surface area (Å²) in [5.41, 5.74) is 2.06. The van der Waals surface area contributed by atoms with E-state index in [-0.39, 0.29) is 12.6 Å². The van der Waals surface area contributed by atoms with Crippen molar-refractivity contribution in [1.29, 1.82) is 0 Å². The first-order chi connectivity index (χ1) is 11.0. The highest BCUT2D eigenvalue weighted by Crippen LogP contribution is 2.20. The number of rotatable bonds is 8. The van der Waals surface area contributed by atoms with Gasteiger partial charge in [0.2, 0.25) is 0 Å². The number of ether oxygens (including phenoxy) is 1. The standard InChI is InChI=1S/C18H26N2O3/c1-13(2)18(12-21)20(11-16-9-14(3)23-19-16)10-15-5-7-17(22-4)8-6-15/h5-9,13,18,21H,10-12H2,1-4H3/t18-/m1/s1. The summed E-state index contributed by atoms with van der Waals surface area (Å²) >= 11 is 0. The van der Waals surface area contributed by atoms with Crippen molar-refractivity contribution in [2.75, 3.05) is 13.7 Å². The van der Waals surface area contributed by atoms with Crippen LogP contribution >= 0.6 is 0 Å². The van der Waals surface area contributed by atoms with Gasteiger partial charge in [0.1, 0.15) is 11.5 Å². The number of aromatic nitrogens is 1. The van der Waals surface area contributed by atoms with Gasteiger partial charge in [0.15, 0.2) is 0 Å². The molecule has 0 amide bonds. The van der Waals surface area contributed by atoms with Crippen molar-refractivity contribution in [2.24, 2.45) is 5.92 Å². The summed E-state index contributed by atoms with van der Waals surface area (Å²) in [5, 5.41) is 13.9. The van der Waals surface area contributed by atoms with Crippen LogP contribution in [-0.2, 0) is 13.1 Å². The number of methoxy groups -OCH3 is 1. The van der Waals surface area contributed by atoms with E-state index in [9.17, 15) is 5.11 Å². The maximum atomic E-state index is 9.80. The smallest absolute Gasteiger partial charge is 0.133 e. The first kappa shape index (κ1) is 17.5. The molecule has 1 N–H and O–H groups in total. The molecule has 2 rings (SSSR count). The molecule has 0 bridgehead atoms. The molecule has 0 radical (unpaired) electrons. The largest absolute Gasteiger partial charge is 0.497 e. The summed E-state index contributed by atoms with van der Waals surface area (Å²) in [4.78, 5) is 2.24. The van der Waals surface area contributed by atoms with Crippen molar-refractivity contribution < 1.29 is 14.4 Å². The van der Waals surface area contributed by atoms with Crippen LogP contribution in [-0.4, -0.2) is 34.9 Å². The van der Waals surface area contributed by atoms with Gasteiger partial charge in [-0.1, -0.05) is 31.1 Å². The minimum atomic E-state index is 0.0640. The van der Waals surface area contributed by atoms with E-state index in [0.717, 1.165) is 23.7 Å². The molecule has 1 aromatic heterocycles. The Balaban J connectivity index is 2.17. The average Bonchev–Trinajstić information content (AvgIpc) is 2.93. The number of nitrogens with zero attached hydrogens (tertiary/aromatic N) is 2. The maximum Gasteiger partial charge on any atom is 0.133 e. The monoisotopic (exact) mass is 318 g/mol. The highest BCUT2D eigenvalue weighted by Gasteiger charge is 2.22. The molecule has 5 heteroatoms. The lowest BCUT2D eigenvalue weighted by Gasteiger charge is -2.32. The average molecular weight is 318 g/mol. The highest BCUT2D eigenvalue weighted by molar-refractivity contribution is 5.27. The van der Waals surface area contributed by atoms with Crippen LogP contribution in [0.3, 0.4) is 0 Å². The van der Waals surface area contributed by atoms with Crippen LogP contribution in [0.1, 0.15) is 30.9 Å². The minimum absolute atomic E-state index is 0.0640. The zero-order valence-corrected chi connectivity index (χ0v) is 14.3. The van der Waals surface area contributed by atoms with Crippen molar-refractivity contribution in [3.63, 3.8) is 0 Å². The van der Waals surface area contributed by atoms with Gasteiger partial charge in [0.05, 0.1) is 19.4 Å². The summed E-state index contributed by atoms with van der Waals surface area (Å²) in [6.45, 7) is 7.62. The summed E-state index contributed by atoms with van der Waals surface area (Å²) in [6, 6.07) is 10.0. The van der Waals surface area contributed by atoms with Crippen LogP contribution in [0.2, 0.25) is 0 Å². The van der Waals surface area contributed by atoms with E-state index in [1.165, 1.54) is 5.56 Å². The molecular formula is C18H26N2O3. The van der Waals surface area contributed by atoms with Crippen molar-refractivity contribution in [1.82, 2.24) is 10.1 Å². The van der Waals surface area contributed by atoms with Gasteiger partial charge in [-0.05, 0) is 30.5 Å². The SMILES string of the molecule is COc1ccc(CN(Cc2cc(C)on2)[C@H](CO)C(C)C)cc1. The molecular weight excluding hydrogens is 292 g/mol. The topological polar surface area (TPSA) is 58.7 Å². The van der Waals surface area contributed by atoms with Crippen molar-refractivity contribution in [3.05, 3.63) is 47.3 Å². The predicted octanol–water partition coefficient (Wildman–Crippen LogP) is 3.01. The second kappa shape index (κ2) is 8.13. The molecule has 0 aliphatic carbocycles. The molecule has 0 saturated carbocycles. The Kier molecular flexibility index (Phi) is 6.19. The lowest BCUT2D eigenvalue weighted by molar-refractivity contribution is 0.0765.